The number of hydrogen-bond acceptors (Lipinski definition) is 6. The summed E-state index contributed by atoms with van der Waals surface area (Å²) in [5.41, 5.74) is 2.19. The van der Waals surface area contributed by atoms with Gasteiger partial charge in [-0.2, -0.15) is 0 Å². The second-order valence-electron chi connectivity index (χ2n) is 5.92. The molecule has 0 saturated heterocycles. The van der Waals surface area contributed by atoms with Crippen LogP contribution in [0.4, 0.5) is 4.79 Å². The number of carbonyl (C=O) groups is 3. The number of nitrogens with one attached hydrogen (secondary N) is 1. The predicted octanol–water partition coefficient (Wildman–Crippen LogP) is 3.98. The Morgan fingerprint density at radius 3 is 2.48 bits per heavy atom. The molecular formula is C21H17ClN2O5. The van der Waals surface area contributed by atoms with Crippen molar-refractivity contribution in [1.29, 1.82) is 0 Å². The Balaban J connectivity index is 1.85. The van der Waals surface area contributed by atoms with Gasteiger partial charge in [0.25, 0.3) is 5.91 Å². The molecule has 0 bridgehead atoms. The Kier molecular flexibility index (Phi) is 6.41. The Morgan fingerprint density at radius 1 is 1.03 bits per heavy atom. The summed E-state index contributed by atoms with van der Waals surface area (Å²) in [5, 5.41) is 3.13. The predicted molar refractivity (Wildman–Crippen MR) is 108 cm³/mol. The van der Waals surface area contributed by atoms with Crippen LogP contribution in [0.25, 0.3) is 22.2 Å². The van der Waals surface area contributed by atoms with Crippen LogP contribution in [0.15, 0.2) is 54.6 Å². The van der Waals surface area contributed by atoms with Gasteiger partial charge in [0, 0.05) is 16.0 Å². The van der Waals surface area contributed by atoms with Crippen molar-refractivity contribution in [3.63, 3.8) is 0 Å². The smallest absolute Gasteiger partial charge is 0.413 e. The molecule has 0 radical (unpaired) electrons. The van der Waals surface area contributed by atoms with E-state index in [2.05, 4.69) is 9.72 Å². The lowest BCUT2D eigenvalue weighted by molar-refractivity contribution is -0.123. The first-order valence-electron chi connectivity index (χ1n) is 8.77. The number of pyridine rings is 1. The molecule has 1 aromatic heterocycles. The fourth-order valence-corrected chi connectivity index (χ4v) is 2.76. The molecule has 0 aliphatic heterocycles. The van der Waals surface area contributed by atoms with Gasteiger partial charge in [-0.1, -0.05) is 41.9 Å². The van der Waals surface area contributed by atoms with E-state index in [4.69, 9.17) is 16.3 Å². The van der Waals surface area contributed by atoms with Crippen molar-refractivity contribution in [2.45, 2.75) is 6.92 Å². The largest absolute Gasteiger partial charge is 0.452 e. The number of amides is 2. The van der Waals surface area contributed by atoms with Crippen LogP contribution < -0.4 is 5.32 Å². The summed E-state index contributed by atoms with van der Waals surface area (Å²) in [6.07, 6.45) is -0.895. The SMILES string of the molecule is CCOC(=O)NC(=O)COC(=O)c1cc(-c2ccc(Cl)cc2)nc2ccccc12. The Bertz CT molecular complexity index is 1070. The Hall–Kier alpha value is -3.45. The van der Waals surface area contributed by atoms with E-state index in [9.17, 15) is 14.4 Å². The maximum Gasteiger partial charge on any atom is 0.413 e. The van der Waals surface area contributed by atoms with Crippen LogP contribution in [0.3, 0.4) is 0 Å². The van der Waals surface area contributed by atoms with Crippen molar-refractivity contribution in [2.75, 3.05) is 13.2 Å². The van der Waals surface area contributed by atoms with E-state index in [-0.39, 0.29) is 12.2 Å². The van der Waals surface area contributed by atoms with Gasteiger partial charge >= 0.3 is 12.1 Å². The fourth-order valence-electron chi connectivity index (χ4n) is 2.64. The zero-order chi connectivity index (χ0) is 20.8. The minimum Gasteiger partial charge on any atom is -0.452 e. The molecule has 0 unspecified atom stereocenters. The van der Waals surface area contributed by atoms with E-state index in [0.29, 0.717) is 21.6 Å². The number of esters is 1. The first-order valence-corrected chi connectivity index (χ1v) is 9.15. The highest BCUT2D eigenvalue weighted by atomic mass is 35.5. The van der Waals surface area contributed by atoms with Gasteiger partial charge in [-0.3, -0.25) is 10.1 Å². The van der Waals surface area contributed by atoms with Crippen LogP contribution in [0.5, 0.6) is 0 Å². The van der Waals surface area contributed by atoms with Crippen molar-refractivity contribution >= 4 is 40.5 Å². The van der Waals surface area contributed by atoms with Crippen molar-refractivity contribution in [3.8, 4) is 11.3 Å². The summed E-state index contributed by atoms with van der Waals surface area (Å²) < 4.78 is 9.69. The standard InChI is InChI=1S/C21H17ClN2O5/c1-2-28-21(27)24-19(25)12-29-20(26)16-11-18(13-7-9-14(22)10-8-13)23-17-6-4-3-5-15(16)17/h3-11H,2,12H2,1H3,(H,24,25,27). The molecule has 0 fully saturated rings. The second-order valence-corrected chi connectivity index (χ2v) is 6.36. The van der Waals surface area contributed by atoms with Crippen LogP contribution in [0.2, 0.25) is 5.02 Å². The molecule has 1 heterocycles. The normalized spacial score (nSPS) is 10.4. The average Bonchev–Trinajstić information content (AvgIpc) is 2.72. The highest BCUT2D eigenvalue weighted by Crippen LogP contribution is 2.26. The molecule has 0 aliphatic rings. The molecule has 8 heteroatoms. The van der Waals surface area contributed by atoms with Crippen molar-refractivity contribution < 1.29 is 23.9 Å². The summed E-state index contributed by atoms with van der Waals surface area (Å²) in [6, 6.07) is 15.7. The van der Waals surface area contributed by atoms with Crippen molar-refractivity contribution in [1.82, 2.24) is 10.3 Å². The molecule has 0 aliphatic carbocycles. The third-order valence-corrected chi connectivity index (χ3v) is 4.18. The minimum absolute atomic E-state index is 0.120. The number of aromatic nitrogens is 1. The summed E-state index contributed by atoms with van der Waals surface area (Å²) in [6.45, 7) is 1.11. The minimum atomic E-state index is -0.895. The van der Waals surface area contributed by atoms with Gasteiger partial charge in [-0.05, 0) is 31.2 Å². The zero-order valence-corrected chi connectivity index (χ0v) is 16.2. The summed E-state index contributed by atoms with van der Waals surface area (Å²) >= 11 is 5.94. The molecule has 3 rings (SSSR count). The van der Waals surface area contributed by atoms with Gasteiger partial charge in [0.1, 0.15) is 0 Å². The number of carbonyl (C=O) groups excluding carboxylic acids is 3. The van der Waals surface area contributed by atoms with E-state index in [1.165, 1.54) is 0 Å². The number of alkyl carbamates (subject to hydrolysis) is 1. The molecule has 29 heavy (non-hydrogen) atoms. The van der Waals surface area contributed by atoms with Gasteiger partial charge < -0.3 is 9.47 Å². The molecule has 0 saturated carbocycles. The number of nitrogens with zero attached hydrogens (tertiary/aromatic N) is 1. The number of halogens is 1. The Morgan fingerprint density at radius 2 is 1.76 bits per heavy atom. The third-order valence-electron chi connectivity index (χ3n) is 3.93. The van der Waals surface area contributed by atoms with E-state index >= 15 is 0 Å². The van der Waals surface area contributed by atoms with Crippen LogP contribution in [-0.4, -0.2) is 36.2 Å². The van der Waals surface area contributed by atoms with Crippen LogP contribution in [0.1, 0.15) is 17.3 Å². The summed E-state index contributed by atoms with van der Waals surface area (Å²) in [7, 11) is 0. The zero-order valence-electron chi connectivity index (χ0n) is 15.5. The summed E-state index contributed by atoms with van der Waals surface area (Å²) in [4.78, 5) is 40.2. The molecular weight excluding hydrogens is 396 g/mol. The average molecular weight is 413 g/mol. The van der Waals surface area contributed by atoms with Crippen LogP contribution >= 0.6 is 11.6 Å². The number of imide groups is 1. The highest BCUT2D eigenvalue weighted by Gasteiger charge is 2.17. The molecule has 2 amide bonds. The maximum atomic E-state index is 12.6. The lowest BCUT2D eigenvalue weighted by Crippen LogP contribution is -2.34. The lowest BCUT2D eigenvalue weighted by atomic mass is 10.0. The van der Waals surface area contributed by atoms with Crippen LogP contribution in [0, 0.1) is 0 Å². The van der Waals surface area contributed by atoms with E-state index in [1.807, 2.05) is 11.4 Å². The van der Waals surface area contributed by atoms with Crippen molar-refractivity contribution in [3.05, 3.63) is 65.2 Å². The highest BCUT2D eigenvalue weighted by molar-refractivity contribution is 6.30. The monoisotopic (exact) mass is 412 g/mol. The van der Waals surface area contributed by atoms with Crippen molar-refractivity contribution in [2.24, 2.45) is 0 Å². The molecule has 0 spiro atoms. The maximum absolute atomic E-state index is 12.6. The van der Waals surface area contributed by atoms with Gasteiger partial charge in [0.2, 0.25) is 0 Å². The number of hydrogen-bond donors (Lipinski definition) is 1. The van der Waals surface area contributed by atoms with Gasteiger partial charge in [0.15, 0.2) is 6.61 Å². The Labute approximate surface area is 171 Å². The van der Waals surface area contributed by atoms with E-state index in [1.54, 1.807) is 55.5 Å². The number of fused-ring (bicyclic) bond motifs is 1. The van der Waals surface area contributed by atoms with Gasteiger partial charge in [-0.15, -0.1) is 0 Å². The number of ether oxygens (including phenoxy) is 2. The van der Waals surface area contributed by atoms with Crippen LogP contribution in [-0.2, 0) is 14.3 Å². The molecule has 3 aromatic rings. The number of para-hydroxylation sites is 1. The first-order chi connectivity index (χ1) is 14.0. The number of rotatable bonds is 5. The quantitative estimate of drug-likeness (QED) is 0.637. The molecule has 0 atom stereocenters. The fraction of sp³-hybridized carbons (Fsp3) is 0.143. The molecule has 2 aromatic carbocycles. The number of benzene rings is 2. The molecule has 148 valence electrons. The second kappa shape index (κ2) is 9.16. The lowest BCUT2D eigenvalue weighted by Gasteiger charge is -2.10. The topological polar surface area (TPSA) is 94.6 Å². The first kappa shape index (κ1) is 20.3. The van der Waals surface area contributed by atoms with E-state index in [0.717, 1.165) is 5.56 Å². The molecule has 7 nitrogen and oxygen atoms in total. The summed E-state index contributed by atoms with van der Waals surface area (Å²) in [5.74, 6) is -1.49. The molecule has 1 N–H and O–H groups in total. The van der Waals surface area contributed by atoms with Gasteiger partial charge in [0.05, 0.1) is 23.4 Å². The van der Waals surface area contributed by atoms with Gasteiger partial charge in [-0.25, -0.2) is 14.6 Å². The van der Waals surface area contributed by atoms with E-state index < -0.39 is 24.6 Å². The third kappa shape index (κ3) is 5.08.